The van der Waals surface area contributed by atoms with Gasteiger partial charge in [0.1, 0.15) is 12.2 Å². The summed E-state index contributed by atoms with van der Waals surface area (Å²) in [7, 11) is 0. The van der Waals surface area contributed by atoms with Crippen molar-refractivity contribution in [2.75, 3.05) is 63.9 Å². The summed E-state index contributed by atoms with van der Waals surface area (Å²) in [5.74, 6) is 0.987. The highest BCUT2D eigenvalue weighted by Crippen LogP contribution is 2.33. The Bertz CT molecular complexity index is 948. The zero-order chi connectivity index (χ0) is 27.6. The second-order valence-corrected chi connectivity index (χ2v) is 11.8. The van der Waals surface area contributed by atoms with Gasteiger partial charge >= 0.3 is 11.9 Å². The Labute approximate surface area is 238 Å². The molecule has 0 bridgehead atoms. The summed E-state index contributed by atoms with van der Waals surface area (Å²) in [6.45, 7) is 7.03. The zero-order valence-corrected chi connectivity index (χ0v) is 24.0. The monoisotopic (exact) mass is 557 g/mol. The number of hydrogen-bond acceptors (Lipinski definition) is 9. The third-order valence-electron chi connectivity index (χ3n) is 8.87. The van der Waals surface area contributed by atoms with Gasteiger partial charge in [0.15, 0.2) is 24.7 Å². The number of ether oxygens (including phenoxy) is 4. The van der Waals surface area contributed by atoms with Crippen molar-refractivity contribution in [3.05, 3.63) is 18.2 Å². The van der Waals surface area contributed by atoms with Gasteiger partial charge in [-0.3, -0.25) is 4.90 Å². The SMILES string of the molecule is O=C(COc1ccc(N2CCN(CCC3CCNCC3)CC2)cc1OCC(=O)OC1CCCC1)OC1CCCC1. The van der Waals surface area contributed by atoms with Crippen molar-refractivity contribution in [1.29, 1.82) is 0 Å². The van der Waals surface area contributed by atoms with Crippen molar-refractivity contribution in [2.45, 2.75) is 82.8 Å². The molecular formula is C31H47N3O6. The first-order valence-electron chi connectivity index (χ1n) is 15.6. The van der Waals surface area contributed by atoms with Gasteiger partial charge in [0.2, 0.25) is 0 Å². The van der Waals surface area contributed by atoms with E-state index in [4.69, 9.17) is 18.9 Å². The van der Waals surface area contributed by atoms with Crippen LogP contribution in [0, 0.1) is 5.92 Å². The topological polar surface area (TPSA) is 89.6 Å². The van der Waals surface area contributed by atoms with Crippen molar-refractivity contribution in [1.82, 2.24) is 10.2 Å². The molecule has 0 radical (unpaired) electrons. The van der Waals surface area contributed by atoms with E-state index in [1.165, 1.54) is 25.8 Å². The average molecular weight is 558 g/mol. The summed E-state index contributed by atoms with van der Waals surface area (Å²) >= 11 is 0. The molecule has 1 aromatic rings. The predicted octanol–water partition coefficient (Wildman–Crippen LogP) is 3.93. The first-order valence-corrected chi connectivity index (χ1v) is 15.6. The Morgan fingerprint density at radius 2 is 1.32 bits per heavy atom. The number of rotatable bonds is 12. The van der Waals surface area contributed by atoms with Crippen molar-refractivity contribution in [3.8, 4) is 11.5 Å². The van der Waals surface area contributed by atoms with Gasteiger partial charge in [-0.1, -0.05) is 0 Å². The fraction of sp³-hybridized carbons (Fsp3) is 0.742. The van der Waals surface area contributed by atoms with Gasteiger partial charge in [0, 0.05) is 37.9 Å². The van der Waals surface area contributed by atoms with Gasteiger partial charge in [0.25, 0.3) is 0 Å². The van der Waals surface area contributed by atoms with E-state index in [2.05, 4.69) is 15.1 Å². The Hall–Kier alpha value is -2.52. The minimum Gasteiger partial charge on any atom is -0.478 e. The number of benzene rings is 1. The summed E-state index contributed by atoms with van der Waals surface area (Å²) < 4.78 is 22.9. The summed E-state index contributed by atoms with van der Waals surface area (Å²) in [6.07, 6.45) is 11.9. The normalized spacial score (nSPS) is 21.4. The van der Waals surface area contributed by atoms with Crippen LogP contribution >= 0.6 is 0 Å². The van der Waals surface area contributed by atoms with Gasteiger partial charge in [-0.25, -0.2) is 9.59 Å². The number of piperazine rings is 1. The molecule has 0 spiro atoms. The number of anilines is 1. The molecule has 2 saturated carbocycles. The van der Waals surface area contributed by atoms with Crippen LogP contribution in [0.4, 0.5) is 5.69 Å². The molecule has 5 rings (SSSR count). The first kappa shape index (κ1) is 29.0. The molecule has 0 atom stereocenters. The lowest BCUT2D eigenvalue weighted by atomic mass is 9.94. The number of nitrogens with zero attached hydrogens (tertiary/aromatic N) is 2. The lowest BCUT2D eigenvalue weighted by Crippen LogP contribution is -2.47. The minimum atomic E-state index is -0.372. The molecule has 2 saturated heterocycles. The van der Waals surface area contributed by atoms with Crippen LogP contribution in [0.15, 0.2) is 18.2 Å². The van der Waals surface area contributed by atoms with Gasteiger partial charge in [0.05, 0.1) is 0 Å². The maximum absolute atomic E-state index is 12.5. The molecule has 2 aliphatic heterocycles. The first-order chi connectivity index (χ1) is 19.6. The average Bonchev–Trinajstić information content (AvgIpc) is 3.70. The van der Waals surface area contributed by atoms with E-state index in [9.17, 15) is 9.59 Å². The molecule has 4 aliphatic rings. The molecular weight excluding hydrogens is 510 g/mol. The number of carbonyl (C=O) groups excluding carboxylic acids is 2. The molecule has 9 nitrogen and oxygen atoms in total. The van der Waals surface area contributed by atoms with Crippen LogP contribution in [0.5, 0.6) is 11.5 Å². The van der Waals surface area contributed by atoms with Crippen molar-refractivity contribution < 1.29 is 28.5 Å². The minimum absolute atomic E-state index is 0.00195. The number of nitrogens with one attached hydrogen (secondary N) is 1. The number of carbonyl (C=O) groups is 2. The maximum atomic E-state index is 12.5. The number of esters is 2. The summed E-state index contributed by atoms with van der Waals surface area (Å²) in [5, 5.41) is 3.46. The molecule has 0 unspecified atom stereocenters. The fourth-order valence-corrected chi connectivity index (χ4v) is 6.42. The largest absolute Gasteiger partial charge is 0.478 e. The van der Waals surface area contributed by atoms with Gasteiger partial charge in [-0.2, -0.15) is 0 Å². The van der Waals surface area contributed by atoms with E-state index in [0.717, 1.165) is 102 Å². The van der Waals surface area contributed by atoms with Crippen LogP contribution in [0.3, 0.4) is 0 Å². The Morgan fingerprint density at radius 1 is 0.750 bits per heavy atom. The second-order valence-electron chi connectivity index (χ2n) is 11.8. The van der Waals surface area contributed by atoms with Crippen LogP contribution < -0.4 is 19.7 Å². The third-order valence-corrected chi connectivity index (χ3v) is 8.87. The standard InChI is InChI=1S/C31H47N3O6/c35-30(39-26-5-1-2-6-26)22-37-28-10-9-25(21-29(28)38-23-31(36)40-27-7-3-4-8-27)34-19-17-33(18-20-34)16-13-24-11-14-32-15-12-24/h9-10,21,24,26-27,32H,1-8,11-20,22-23H2. The van der Waals surface area contributed by atoms with Crippen molar-refractivity contribution >= 4 is 17.6 Å². The van der Waals surface area contributed by atoms with Gasteiger partial charge in [-0.15, -0.1) is 0 Å². The maximum Gasteiger partial charge on any atom is 0.344 e. The van der Waals surface area contributed by atoms with Crippen LogP contribution in [-0.2, 0) is 19.1 Å². The van der Waals surface area contributed by atoms with Crippen molar-refractivity contribution in [2.24, 2.45) is 5.92 Å². The molecule has 0 aromatic heterocycles. The fourth-order valence-electron chi connectivity index (χ4n) is 6.42. The van der Waals surface area contributed by atoms with E-state index >= 15 is 0 Å². The van der Waals surface area contributed by atoms with E-state index in [1.54, 1.807) is 0 Å². The molecule has 2 aliphatic carbocycles. The molecule has 4 fully saturated rings. The van der Waals surface area contributed by atoms with Gasteiger partial charge < -0.3 is 29.2 Å². The van der Waals surface area contributed by atoms with Crippen LogP contribution in [0.1, 0.15) is 70.6 Å². The van der Waals surface area contributed by atoms with Crippen LogP contribution in [0.25, 0.3) is 0 Å². The molecule has 9 heteroatoms. The Balaban J connectivity index is 1.15. The van der Waals surface area contributed by atoms with E-state index in [-0.39, 0.29) is 37.4 Å². The van der Waals surface area contributed by atoms with Crippen molar-refractivity contribution in [3.63, 3.8) is 0 Å². The molecule has 0 amide bonds. The Morgan fingerprint density at radius 3 is 1.93 bits per heavy atom. The van der Waals surface area contributed by atoms with E-state index in [0.29, 0.717) is 11.5 Å². The summed E-state index contributed by atoms with van der Waals surface area (Å²) in [5.41, 5.74) is 1.03. The highest BCUT2D eigenvalue weighted by molar-refractivity contribution is 5.72. The number of hydrogen-bond donors (Lipinski definition) is 1. The third kappa shape index (κ3) is 8.74. The van der Waals surface area contributed by atoms with Crippen LogP contribution in [0.2, 0.25) is 0 Å². The molecule has 222 valence electrons. The highest BCUT2D eigenvalue weighted by atomic mass is 16.6. The zero-order valence-electron chi connectivity index (χ0n) is 24.0. The lowest BCUT2D eigenvalue weighted by Gasteiger charge is -2.37. The summed E-state index contributed by atoms with van der Waals surface area (Å²) in [6, 6.07) is 5.76. The van der Waals surface area contributed by atoms with Gasteiger partial charge in [-0.05, 0) is 108 Å². The molecule has 1 N–H and O–H groups in total. The lowest BCUT2D eigenvalue weighted by molar-refractivity contribution is -0.152. The molecule has 2 heterocycles. The second kappa shape index (κ2) is 14.9. The molecule has 1 aromatic carbocycles. The highest BCUT2D eigenvalue weighted by Gasteiger charge is 2.24. The number of piperidine rings is 1. The van der Waals surface area contributed by atoms with E-state index in [1.807, 2.05) is 18.2 Å². The predicted molar refractivity (Wildman–Crippen MR) is 153 cm³/mol. The Kier molecular flexibility index (Phi) is 10.8. The smallest absolute Gasteiger partial charge is 0.344 e. The van der Waals surface area contributed by atoms with Crippen LogP contribution in [-0.4, -0.2) is 88.1 Å². The quantitative estimate of drug-likeness (QED) is 0.384. The van der Waals surface area contributed by atoms with E-state index < -0.39 is 0 Å². The summed E-state index contributed by atoms with van der Waals surface area (Å²) in [4.78, 5) is 29.7. The molecule has 40 heavy (non-hydrogen) atoms.